The van der Waals surface area contributed by atoms with E-state index in [1.54, 1.807) is 0 Å². The van der Waals surface area contributed by atoms with Crippen LogP contribution in [0, 0.1) is 0 Å². The summed E-state index contributed by atoms with van der Waals surface area (Å²) < 4.78 is 0. The largest absolute Gasteiger partial charge is 0.475 e. The normalized spacial score (nSPS) is 10.2. The standard InChI is InChI=1S/C8H7O2P/c9-8(10)6-11-7-4-2-1-3-5-7/h1-6H,(H,9,10)/p+1. The zero-order valence-electron chi connectivity index (χ0n) is 5.82. The fraction of sp³-hybridized carbons (Fsp3) is 0. The monoisotopic (exact) mass is 167 g/mol. The molecule has 0 saturated carbocycles. The molecule has 0 aliphatic heterocycles. The second-order valence-corrected chi connectivity index (χ2v) is 3.15. The van der Waals surface area contributed by atoms with Crippen molar-refractivity contribution < 1.29 is 9.90 Å². The molecule has 11 heavy (non-hydrogen) atoms. The molecule has 0 aromatic heterocycles. The number of benzene rings is 1. The summed E-state index contributed by atoms with van der Waals surface area (Å²) in [6, 6.07) is 9.54. The molecule has 2 nitrogen and oxygen atoms in total. The molecular formula is C8H8O2P+. The minimum atomic E-state index is -0.854. The lowest BCUT2D eigenvalue weighted by molar-refractivity contribution is -0.128. The van der Waals surface area contributed by atoms with E-state index in [9.17, 15) is 4.79 Å². The Bertz CT molecular complexity index is 267. The number of rotatable bonds is 2. The molecule has 0 spiro atoms. The van der Waals surface area contributed by atoms with Crippen molar-refractivity contribution in [3.8, 4) is 0 Å². The molecule has 1 unspecified atom stereocenters. The zero-order valence-corrected chi connectivity index (χ0v) is 6.82. The number of aliphatic carboxylic acids is 1. The summed E-state index contributed by atoms with van der Waals surface area (Å²) in [5.41, 5.74) is 0. The number of carboxylic acid groups (broad SMARTS) is 1. The fourth-order valence-corrected chi connectivity index (χ4v) is 1.35. The van der Waals surface area contributed by atoms with E-state index in [2.05, 4.69) is 0 Å². The van der Waals surface area contributed by atoms with Crippen molar-refractivity contribution in [3.05, 3.63) is 30.3 Å². The third-order valence-corrected chi connectivity index (χ3v) is 2.19. The van der Waals surface area contributed by atoms with Gasteiger partial charge in [-0.1, -0.05) is 18.2 Å². The summed E-state index contributed by atoms with van der Waals surface area (Å²) in [6.45, 7) is 0. The lowest BCUT2D eigenvalue weighted by atomic mass is 10.4. The Labute approximate surface area is 66.3 Å². The van der Waals surface area contributed by atoms with E-state index in [0.717, 1.165) is 5.30 Å². The van der Waals surface area contributed by atoms with E-state index in [0.29, 0.717) is 0 Å². The predicted octanol–water partition coefficient (Wildman–Crippen LogP) is 0.877. The Balaban J connectivity index is 2.72. The van der Waals surface area contributed by atoms with Crippen LogP contribution in [0.2, 0.25) is 0 Å². The van der Waals surface area contributed by atoms with Gasteiger partial charge in [-0.15, -0.1) is 0 Å². The molecule has 1 aromatic carbocycles. The third-order valence-electron chi connectivity index (χ3n) is 1.14. The van der Waals surface area contributed by atoms with Gasteiger partial charge in [-0.3, -0.25) is 0 Å². The molecule has 1 rings (SSSR count). The summed E-state index contributed by atoms with van der Waals surface area (Å²) in [4.78, 5) is 10.1. The zero-order chi connectivity index (χ0) is 8.10. The Kier molecular flexibility index (Phi) is 2.82. The van der Waals surface area contributed by atoms with Crippen LogP contribution in [-0.4, -0.2) is 16.9 Å². The van der Waals surface area contributed by atoms with E-state index in [4.69, 9.17) is 5.11 Å². The van der Waals surface area contributed by atoms with Crippen LogP contribution in [0.15, 0.2) is 30.3 Å². The van der Waals surface area contributed by atoms with Crippen LogP contribution < -0.4 is 5.30 Å². The first-order valence-electron chi connectivity index (χ1n) is 3.17. The van der Waals surface area contributed by atoms with Crippen LogP contribution in [0.3, 0.4) is 0 Å². The first-order chi connectivity index (χ1) is 5.29. The molecule has 56 valence electrons. The van der Waals surface area contributed by atoms with E-state index >= 15 is 0 Å². The van der Waals surface area contributed by atoms with E-state index in [-0.39, 0.29) is 8.20 Å². The number of carbonyl (C=O) groups is 1. The van der Waals surface area contributed by atoms with Crippen LogP contribution in [0.1, 0.15) is 0 Å². The minimum absolute atomic E-state index is 0.260. The van der Waals surface area contributed by atoms with Crippen molar-refractivity contribution in [3.63, 3.8) is 0 Å². The van der Waals surface area contributed by atoms with Crippen LogP contribution in [0.4, 0.5) is 0 Å². The Morgan fingerprint density at radius 2 is 2.00 bits per heavy atom. The van der Waals surface area contributed by atoms with Gasteiger partial charge in [-0.2, -0.15) is 0 Å². The summed E-state index contributed by atoms with van der Waals surface area (Å²) in [7, 11) is 0.260. The van der Waals surface area contributed by atoms with Crippen molar-refractivity contribution in [1.82, 2.24) is 0 Å². The first-order valence-corrected chi connectivity index (χ1v) is 4.24. The van der Waals surface area contributed by atoms with Crippen LogP contribution >= 0.6 is 8.20 Å². The summed E-state index contributed by atoms with van der Waals surface area (Å²) in [5.74, 6) is 0.419. The molecule has 3 heteroatoms. The quantitative estimate of drug-likeness (QED) is 0.664. The Morgan fingerprint density at radius 1 is 1.36 bits per heavy atom. The number of hydrogen-bond donors (Lipinski definition) is 1. The van der Waals surface area contributed by atoms with Crippen molar-refractivity contribution in [2.45, 2.75) is 0 Å². The SMILES string of the molecule is O=C(O)C=[PH+]c1ccccc1. The highest BCUT2D eigenvalue weighted by atomic mass is 31.1. The molecule has 1 N–H and O–H groups in total. The highest BCUT2D eigenvalue weighted by molar-refractivity contribution is 7.49. The highest BCUT2D eigenvalue weighted by Crippen LogP contribution is 1.95. The van der Waals surface area contributed by atoms with Gasteiger partial charge in [-0.05, 0) is 12.1 Å². The minimum Gasteiger partial charge on any atom is -0.475 e. The van der Waals surface area contributed by atoms with Gasteiger partial charge in [0.15, 0.2) is 5.80 Å². The van der Waals surface area contributed by atoms with E-state index in [1.165, 1.54) is 5.80 Å². The van der Waals surface area contributed by atoms with Crippen LogP contribution in [-0.2, 0) is 4.79 Å². The van der Waals surface area contributed by atoms with Gasteiger partial charge >= 0.3 is 5.97 Å². The van der Waals surface area contributed by atoms with Crippen LogP contribution in [0.5, 0.6) is 0 Å². The van der Waals surface area contributed by atoms with Gasteiger partial charge in [0.2, 0.25) is 0 Å². The van der Waals surface area contributed by atoms with Crippen molar-refractivity contribution in [1.29, 1.82) is 0 Å². The molecule has 1 atom stereocenters. The highest BCUT2D eigenvalue weighted by Gasteiger charge is 1.96. The van der Waals surface area contributed by atoms with Crippen molar-refractivity contribution >= 4 is 25.3 Å². The summed E-state index contributed by atoms with van der Waals surface area (Å²) >= 11 is 0. The van der Waals surface area contributed by atoms with E-state index in [1.807, 2.05) is 30.3 Å². The fourth-order valence-electron chi connectivity index (χ4n) is 0.679. The van der Waals surface area contributed by atoms with Crippen molar-refractivity contribution in [2.75, 3.05) is 0 Å². The Morgan fingerprint density at radius 3 is 2.55 bits per heavy atom. The average Bonchev–Trinajstić information content (AvgIpc) is 2.03. The lowest BCUT2D eigenvalue weighted by Gasteiger charge is -1.79. The smallest absolute Gasteiger partial charge is 0.371 e. The molecule has 0 heterocycles. The second kappa shape index (κ2) is 3.89. The molecule has 0 bridgehead atoms. The van der Waals surface area contributed by atoms with E-state index < -0.39 is 5.97 Å². The topological polar surface area (TPSA) is 37.3 Å². The second-order valence-electron chi connectivity index (χ2n) is 1.99. The maximum atomic E-state index is 10.1. The summed E-state index contributed by atoms with van der Waals surface area (Å²) in [6.07, 6.45) is 0. The van der Waals surface area contributed by atoms with Gasteiger partial charge in [-0.25, -0.2) is 4.79 Å². The third kappa shape index (κ3) is 2.96. The summed E-state index contributed by atoms with van der Waals surface area (Å²) in [5, 5.41) is 9.38. The van der Waals surface area contributed by atoms with Gasteiger partial charge in [0, 0.05) is 0 Å². The van der Waals surface area contributed by atoms with Gasteiger partial charge in [0.25, 0.3) is 0 Å². The van der Waals surface area contributed by atoms with Crippen molar-refractivity contribution in [2.24, 2.45) is 0 Å². The molecule has 1 aromatic rings. The Hall–Kier alpha value is -1.14. The molecule has 0 saturated heterocycles. The molecule has 0 radical (unpaired) electrons. The maximum absolute atomic E-state index is 10.1. The average molecular weight is 167 g/mol. The molecular weight excluding hydrogens is 159 g/mol. The van der Waals surface area contributed by atoms with Crippen LogP contribution in [0.25, 0.3) is 0 Å². The molecule has 0 aliphatic rings. The molecule has 0 aliphatic carbocycles. The number of carboxylic acids is 1. The molecule has 0 fully saturated rings. The number of hydrogen-bond acceptors (Lipinski definition) is 1. The molecule has 0 amide bonds. The predicted molar refractivity (Wildman–Crippen MR) is 48.1 cm³/mol. The van der Waals surface area contributed by atoms with Gasteiger partial charge < -0.3 is 5.11 Å². The first kappa shape index (κ1) is 7.96. The van der Waals surface area contributed by atoms with Gasteiger partial charge in [0.1, 0.15) is 13.5 Å². The lowest BCUT2D eigenvalue weighted by Crippen LogP contribution is -1.95. The van der Waals surface area contributed by atoms with Gasteiger partial charge in [0.05, 0.1) is 0 Å². The maximum Gasteiger partial charge on any atom is 0.371 e.